The molecule has 0 saturated carbocycles. The van der Waals surface area contributed by atoms with Crippen LogP contribution in [-0.2, 0) is 6.42 Å². The highest BCUT2D eigenvalue weighted by Gasteiger charge is 2.19. The second-order valence-corrected chi connectivity index (χ2v) is 6.33. The lowest BCUT2D eigenvalue weighted by Crippen LogP contribution is -2.22. The van der Waals surface area contributed by atoms with E-state index in [4.69, 9.17) is 18.0 Å². The molecule has 1 aromatic heterocycles. The van der Waals surface area contributed by atoms with E-state index in [9.17, 15) is 0 Å². The number of hydrogen-bond donors (Lipinski definition) is 2. The third-order valence-corrected chi connectivity index (χ3v) is 4.26. The van der Waals surface area contributed by atoms with Gasteiger partial charge < -0.3 is 15.6 Å². The molecule has 0 spiro atoms. The van der Waals surface area contributed by atoms with E-state index in [1.54, 1.807) is 0 Å². The van der Waals surface area contributed by atoms with Crippen molar-refractivity contribution in [2.75, 3.05) is 19.0 Å². The Bertz CT molecular complexity index is 787. The van der Waals surface area contributed by atoms with Gasteiger partial charge in [-0.1, -0.05) is 36.5 Å². The topological polar surface area (TPSA) is 57.9 Å². The Morgan fingerprint density at radius 1 is 1.17 bits per heavy atom. The normalized spacial score (nSPS) is 12.3. The van der Waals surface area contributed by atoms with E-state index in [2.05, 4.69) is 39.1 Å². The van der Waals surface area contributed by atoms with Crippen molar-refractivity contribution in [3.63, 3.8) is 0 Å². The summed E-state index contributed by atoms with van der Waals surface area (Å²) >= 11 is 5.28. The Labute approximate surface area is 141 Å². The molecular formula is C18H20N4S. The number of H-pyrrole nitrogens is 1. The van der Waals surface area contributed by atoms with Crippen molar-refractivity contribution in [3.05, 3.63) is 59.9 Å². The lowest BCUT2D eigenvalue weighted by Gasteiger charge is -2.15. The molecule has 0 aliphatic carbocycles. The van der Waals surface area contributed by atoms with E-state index < -0.39 is 0 Å². The van der Waals surface area contributed by atoms with E-state index in [-0.39, 0.29) is 5.92 Å². The van der Waals surface area contributed by atoms with Gasteiger partial charge in [0.15, 0.2) is 0 Å². The van der Waals surface area contributed by atoms with Crippen LogP contribution in [0.2, 0.25) is 0 Å². The number of aromatic nitrogens is 2. The summed E-state index contributed by atoms with van der Waals surface area (Å²) < 4.78 is 0. The first-order valence-electron chi connectivity index (χ1n) is 7.55. The van der Waals surface area contributed by atoms with Crippen molar-refractivity contribution in [3.8, 4) is 0 Å². The second kappa shape index (κ2) is 6.38. The Kier molecular flexibility index (Phi) is 4.30. The highest BCUT2D eigenvalue weighted by molar-refractivity contribution is 7.80. The molecule has 0 radical (unpaired) electrons. The first-order valence-corrected chi connectivity index (χ1v) is 7.95. The Balaban J connectivity index is 1.88. The van der Waals surface area contributed by atoms with Crippen molar-refractivity contribution in [2.24, 2.45) is 5.73 Å². The summed E-state index contributed by atoms with van der Waals surface area (Å²) in [6.07, 6.45) is 0.739. The zero-order valence-corrected chi connectivity index (χ0v) is 14.1. The fourth-order valence-corrected chi connectivity index (χ4v) is 2.83. The summed E-state index contributed by atoms with van der Waals surface area (Å²) in [4.78, 5) is 10.5. The molecule has 3 rings (SSSR count). The van der Waals surface area contributed by atoms with E-state index in [0.29, 0.717) is 4.99 Å². The first kappa shape index (κ1) is 15.5. The minimum Gasteiger partial charge on any atom is -0.393 e. The number of rotatable bonds is 5. The molecule has 1 heterocycles. The number of nitrogens with two attached hydrogens (primary N) is 1. The first-order chi connectivity index (χ1) is 11.0. The largest absolute Gasteiger partial charge is 0.393 e. The van der Waals surface area contributed by atoms with Crippen molar-refractivity contribution < 1.29 is 0 Å². The number of nitrogens with zero attached hydrogens (tertiary/aromatic N) is 2. The maximum atomic E-state index is 5.98. The van der Waals surface area contributed by atoms with Gasteiger partial charge in [-0.15, -0.1) is 0 Å². The van der Waals surface area contributed by atoms with Crippen LogP contribution in [0, 0.1) is 0 Å². The summed E-state index contributed by atoms with van der Waals surface area (Å²) in [6, 6.07) is 16.4. The number of hydrogen-bond acceptors (Lipinski definition) is 3. The molecule has 0 bridgehead atoms. The zero-order chi connectivity index (χ0) is 16.4. The Morgan fingerprint density at radius 3 is 2.48 bits per heavy atom. The molecule has 0 saturated heterocycles. The molecule has 3 aromatic rings. The van der Waals surface area contributed by atoms with Gasteiger partial charge in [-0.05, 0) is 36.2 Å². The van der Waals surface area contributed by atoms with Crippen molar-refractivity contribution in [2.45, 2.75) is 12.3 Å². The standard InChI is InChI=1S/C18H20N4S/c1-22(2)13-9-7-12(8-10-13)11-14(17(19)23)18-20-15-5-3-4-6-16(15)21-18/h3-10,14H,11H2,1-2H3,(H2,19,23)(H,20,21). The van der Waals surface area contributed by atoms with Gasteiger partial charge in [-0.2, -0.15) is 0 Å². The van der Waals surface area contributed by atoms with Crippen LogP contribution in [0.4, 0.5) is 5.69 Å². The number of benzene rings is 2. The van der Waals surface area contributed by atoms with Gasteiger partial charge in [0.1, 0.15) is 5.82 Å². The lowest BCUT2D eigenvalue weighted by atomic mass is 9.98. The van der Waals surface area contributed by atoms with Crippen LogP contribution >= 0.6 is 12.2 Å². The maximum Gasteiger partial charge on any atom is 0.117 e. The monoisotopic (exact) mass is 324 g/mol. The average molecular weight is 324 g/mol. The Hall–Kier alpha value is -2.40. The van der Waals surface area contributed by atoms with E-state index in [0.717, 1.165) is 23.3 Å². The quantitative estimate of drug-likeness (QED) is 0.707. The van der Waals surface area contributed by atoms with Gasteiger partial charge in [0, 0.05) is 19.8 Å². The summed E-state index contributed by atoms with van der Waals surface area (Å²) in [5.41, 5.74) is 10.3. The lowest BCUT2D eigenvalue weighted by molar-refractivity contribution is 0.821. The fraction of sp³-hybridized carbons (Fsp3) is 0.222. The second-order valence-electron chi connectivity index (χ2n) is 5.86. The fourth-order valence-electron chi connectivity index (χ4n) is 2.64. The Morgan fingerprint density at radius 2 is 1.87 bits per heavy atom. The smallest absolute Gasteiger partial charge is 0.117 e. The molecule has 118 valence electrons. The van der Waals surface area contributed by atoms with E-state index >= 15 is 0 Å². The van der Waals surface area contributed by atoms with E-state index in [1.807, 2.05) is 38.4 Å². The molecule has 0 aliphatic rings. The summed E-state index contributed by atoms with van der Waals surface area (Å²) in [7, 11) is 4.06. The zero-order valence-electron chi connectivity index (χ0n) is 13.3. The number of para-hydroxylation sites is 2. The van der Waals surface area contributed by atoms with Crippen molar-refractivity contribution in [1.82, 2.24) is 9.97 Å². The van der Waals surface area contributed by atoms with Gasteiger partial charge in [-0.25, -0.2) is 4.98 Å². The molecule has 1 unspecified atom stereocenters. The molecule has 23 heavy (non-hydrogen) atoms. The predicted octanol–water partition coefficient (Wildman–Crippen LogP) is 3.24. The van der Waals surface area contributed by atoms with Crippen LogP contribution in [0.3, 0.4) is 0 Å². The number of fused-ring (bicyclic) bond motifs is 1. The molecule has 0 fully saturated rings. The molecule has 5 heteroatoms. The van der Waals surface area contributed by atoms with E-state index in [1.165, 1.54) is 11.3 Å². The molecule has 0 amide bonds. The van der Waals surface area contributed by atoms with Crippen LogP contribution in [0.1, 0.15) is 17.3 Å². The van der Waals surface area contributed by atoms with Gasteiger partial charge in [0.05, 0.1) is 21.9 Å². The summed E-state index contributed by atoms with van der Waals surface area (Å²) in [5, 5.41) is 0. The summed E-state index contributed by atoms with van der Waals surface area (Å²) in [5.74, 6) is 0.734. The van der Waals surface area contributed by atoms with Crippen LogP contribution in [0.15, 0.2) is 48.5 Å². The number of thiocarbonyl (C=S) groups is 1. The third-order valence-electron chi connectivity index (χ3n) is 3.97. The van der Waals surface area contributed by atoms with Crippen LogP contribution in [0.25, 0.3) is 11.0 Å². The van der Waals surface area contributed by atoms with Crippen molar-refractivity contribution >= 4 is 33.9 Å². The number of aromatic amines is 1. The molecule has 0 aliphatic heterocycles. The highest BCUT2D eigenvalue weighted by Crippen LogP contribution is 2.23. The SMILES string of the molecule is CN(C)c1ccc(CC(C(N)=S)c2nc3ccccc3[nH]2)cc1. The molecule has 4 nitrogen and oxygen atoms in total. The third kappa shape index (κ3) is 3.35. The number of imidazole rings is 1. The van der Waals surface area contributed by atoms with Gasteiger partial charge >= 0.3 is 0 Å². The average Bonchev–Trinajstić information content (AvgIpc) is 2.96. The number of anilines is 1. The predicted molar refractivity (Wildman–Crippen MR) is 100 cm³/mol. The molecule has 1 atom stereocenters. The van der Waals surface area contributed by atoms with Gasteiger partial charge in [0.25, 0.3) is 0 Å². The van der Waals surface area contributed by atoms with Crippen molar-refractivity contribution in [1.29, 1.82) is 0 Å². The van der Waals surface area contributed by atoms with Gasteiger partial charge in [-0.3, -0.25) is 0 Å². The molecule has 2 aromatic carbocycles. The molecular weight excluding hydrogens is 304 g/mol. The summed E-state index contributed by atoms with van der Waals surface area (Å²) in [6.45, 7) is 0. The van der Waals surface area contributed by atoms with Crippen LogP contribution in [0.5, 0.6) is 0 Å². The minimum atomic E-state index is -0.0948. The molecule has 3 N–H and O–H groups in total. The highest BCUT2D eigenvalue weighted by atomic mass is 32.1. The number of nitrogens with one attached hydrogen (secondary N) is 1. The maximum absolute atomic E-state index is 5.98. The van der Waals surface area contributed by atoms with Crippen LogP contribution < -0.4 is 10.6 Å². The van der Waals surface area contributed by atoms with Gasteiger partial charge in [0.2, 0.25) is 0 Å². The minimum absolute atomic E-state index is 0.0948. The van der Waals surface area contributed by atoms with Crippen LogP contribution in [-0.4, -0.2) is 29.1 Å².